The van der Waals surface area contributed by atoms with E-state index in [9.17, 15) is 9.18 Å². The molecule has 0 amide bonds. The number of hydrogen-bond donors (Lipinski definition) is 1. The second-order valence-corrected chi connectivity index (χ2v) is 7.98. The van der Waals surface area contributed by atoms with Gasteiger partial charge in [0.2, 0.25) is 5.13 Å². The molecule has 0 bridgehead atoms. The summed E-state index contributed by atoms with van der Waals surface area (Å²) in [5, 5.41) is 3.78. The lowest BCUT2D eigenvalue weighted by Gasteiger charge is -1.99. The molecular weight excluding hydrogens is 411 g/mol. The molecular formula is C24H17FN4OS. The molecule has 1 N–H and O–H groups in total. The van der Waals surface area contributed by atoms with Gasteiger partial charge in [0, 0.05) is 11.8 Å². The molecule has 5 aromatic rings. The Bertz CT molecular complexity index is 1400. The minimum atomic E-state index is -0.288. The van der Waals surface area contributed by atoms with Gasteiger partial charge in [0.15, 0.2) is 0 Å². The third-order valence-corrected chi connectivity index (χ3v) is 5.89. The number of nitrogens with one attached hydrogen (secondary N) is 1. The number of hydrogen-bond acceptors (Lipinski definition) is 4. The van der Waals surface area contributed by atoms with E-state index < -0.39 is 0 Å². The van der Waals surface area contributed by atoms with Gasteiger partial charge < -0.3 is 0 Å². The number of rotatable bonds is 5. The summed E-state index contributed by atoms with van der Waals surface area (Å²) in [5.41, 5.74) is 3.49. The van der Waals surface area contributed by atoms with E-state index in [1.807, 2.05) is 54.6 Å². The van der Waals surface area contributed by atoms with Gasteiger partial charge in [-0.3, -0.25) is 14.9 Å². The summed E-state index contributed by atoms with van der Waals surface area (Å²) < 4.78 is 15.6. The molecule has 0 aliphatic heterocycles. The quantitative estimate of drug-likeness (QED) is 0.391. The van der Waals surface area contributed by atoms with Crippen molar-refractivity contribution < 1.29 is 4.39 Å². The molecule has 0 fully saturated rings. The standard InChI is InChI=1S/C24H17FN4OS/c25-18-12-10-16(11-13-18)14-26-15-19-22(17-6-2-1-3-7-17)28-29(23(19)30)24-27-20-8-4-5-9-21(20)31-24/h1-13,15,28H,14H2. The first-order valence-electron chi connectivity index (χ1n) is 9.70. The lowest BCUT2D eigenvalue weighted by atomic mass is 10.1. The highest BCUT2D eigenvalue weighted by Gasteiger charge is 2.17. The Hall–Kier alpha value is -3.84. The van der Waals surface area contributed by atoms with Crippen molar-refractivity contribution in [2.24, 2.45) is 4.99 Å². The number of nitrogens with zero attached hydrogens (tertiary/aromatic N) is 3. The summed E-state index contributed by atoms with van der Waals surface area (Å²) >= 11 is 1.44. The van der Waals surface area contributed by atoms with Crippen LogP contribution in [0, 0.1) is 5.82 Å². The van der Waals surface area contributed by atoms with E-state index in [0.717, 1.165) is 21.3 Å². The first-order valence-corrected chi connectivity index (χ1v) is 10.5. The fourth-order valence-electron chi connectivity index (χ4n) is 3.32. The Labute approximate surface area is 181 Å². The molecule has 7 heteroatoms. The van der Waals surface area contributed by atoms with Gasteiger partial charge in [0.25, 0.3) is 5.56 Å². The fourth-order valence-corrected chi connectivity index (χ4v) is 4.24. The van der Waals surface area contributed by atoms with Crippen molar-refractivity contribution in [1.82, 2.24) is 14.8 Å². The van der Waals surface area contributed by atoms with Gasteiger partial charge in [-0.1, -0.05) is 65.9 Å². The van der Waals surface area contributed by atoms with E-state index in [2.05, 4.69) is 15.1 Å². The number of thiazole rings is 1. The first-order chi connectivity index (χ1) is 15.2. The molecule has 5 nitrogen and oxygen atoms in total. The molecule has 31 heavy (non-hydrogen) atoms. The van der Waals surface area contributed by atoms with Crippen LogP contribution in [-0.4, -0.2) is 21.0 Å². The topological polar surface area (TPSA) is 63.0 Å². The van der Waals surface area contributed by atoms with Crippen molar-refractivity contribution in [1.29, 1.82) is 0 Å². The highest BCUT2D eigenvalue weighted by molar-refractivity contribution is 7.20. The number of aromatic nitrogens is 3. The van der Waals surface area contributed by atoms with Crippen molar-refractivity contribution in [2.45, 2.75) is 6.54 Å². The summed E-state index contributed by atoms with van der Waals surface area (Å²) in [6, 6.07) is 23.6. The maximum atomic E-state index is 13.3. The van der Waals surface area contributed by atoms with Crippen LogP contribution in [-0.2, 0) is 6.54 Å². The number of fused-ring (bicyclic) bond motifs is 1. The Balaban J connectivity index is 1.57. The normalized spacial score (nSPS) is 11.5. The third kappa shape index (κ3) is 3.83. The van der Waals surface area contributed by atoms with E-state index in [1.165, 1.54) is 28.2 Å². The van der Waals surface area contributed by atoms with Crippen molar-refractivity contribution >= 4 is 27.8 Å². The van der Waals surface area contributed by atoms with E-state index in [4.69, 9.17) is 0 Å². The number of aliphatic imine (C=N–C) groups is 1. The number of H-pyrrole nitrogens is 1. The smallest absolute Gasteiger partial charge is 0.282 e. The molecule has 3 aromatic carbocycles. The Morgan fingerprint density at radius 2 is 1.74 bits per heavy atom. The molecule has 0 aliphatic rings. The molecule has 0 saturated carbocycles. The molecule has 0 spiro atoms. The average Bonchev–Trinajstić information content (AvgIpc) is 3.37. The zero-order chi connectivity index (χ0) is 21.2. The zero-order valence-electron chi connectivity index (χ0n) is 16.3. The number of para-hydroxylation sites is 1. The predicted octanol–water partition coefficient (Wildman–Crippen LogP) is 5.20. The van der Waals surface area contributed by atoms with Crippen LogP contribution < -0.4 is 5.56 Å². The van der Waals surface area contributed by atoms with E-state index in [0.29, 0.717) is 22.9 Å². The van der Waals surface area contributed by atoms with Crippen LogP contribution in [0.15, 0.2) is 88.6 Å². The minimum absolute atomic E-state index is 0.222. The van der Waals surface area contributed by atoms with Gasteiger partial charge in [-0.15, -0.1) is 0 Å². The summed E-state index contributed by atoms with van der Waals surface area (Å²) in [4.78, 5) is 22.3. The van der Waals surface area contributed by atoms with Gasteiger partial charge in [-0.05, 0) is 29.8 Å². The number of benzene rings is 3. The van der Waals surface area contributed by atoms with Crippen LogP contribution in [0.2, 0.25) is 0 Å². The van der Waals surface area contributed by atoms with Crippen molar-refractivity contribution in [2.75, 3.05) is 0 Å². The maximum absolute atomic E-state index is 13.3. The lowest BCUT2D eigenvalue weighted by molar-refractivity contribution is 0.627. The summed E-state index contributed by atoms with van der Waals surface area (Å²) in [6.45, 7) is 0.347. The van der Waals surface area contributed by atoms with Gasteiger partial charge >= 0.3 is 0 Å². The van der Waals surface area contributed by atoms with Gasteiger partial charge in [0.05, 0.1) is 28.0 Å². The molecule has 0 unspecified atom stereocenters. The maximum Gasteiger partial charge on any atom is 0.282 e. The van der Waals surface area contributed by atoms with E-state index >= 15 is 0 Å². The molecule has 0 saturated heterocycles. The molecule has 152 valence electrons. The number of aromatic amines is 1. The predicted molar refractivity (Wildman–Crippen MR) is 123 cm³/mol. The Morgan fingerprint density at radius 3 is 2.52 bits per heavy atom. The van der Waals surface area contributed by atoms with Crippen LogP contribution in [0.25, 0.3) is 26.6 Å². The van der Waals surface area contributed by atoms with E-state index in [1.54, 1.807) is 18.3 Å². The van der Waals surface area contributed by atoms with E-state index in [-0.39, 0.29) is 11.4 Å². The molecule has 0 atom stereocenters. The summed E-state index contributed by atoms with van der Waals surface area (Å²) in [7, 11) is 0. The second kappa shape index (κ2) is 8.12. The SMILES string of the molecule is O=c1c(C=NCc2ccc(F)cc2)c(-c2ccccc2)[nH]n1-c1nc2ccccc2s1. The first kappa shape index (κ1) is 19.1. The summed E-state index contributed by atoms with van der Waals surface area (Å²) in [5.74, 6) is -0.288. The molecule has 0 radical (unpaired) electrons. The molecule has 0 aliphatic carbocycles. The third-order valence-electron chi connectivity index (χ3n) is 4.87. The van der Waals surface area contributed by atoms with Crippen LogP contribution in [0.1, 0.15) is 11.1 Å². The largest absolute Gasteiger partial charge is 0.288 e. The van der Waals surface area contributed by atoms with Gasteiger partial charge in [0.1, 0.15) is 5.82 Å². The van der Waals surface area contributed by atoms with Gasteiger partial charge in [-0.2, -0.15) is 4.68 Å². The summed E-state index contributed by atoms with van der Waals surface area (Å²) in [6.07, 6.45) is 1.58. The van der Waals surface area contributed by atoms with Crippen molar-refractivity contribution in [3.63, 3.8) is 0 Å². The van der Waals surface area contributed by atoms with Crippen molar-refractivity contribution in [3.05, 3.63) is 106 Å². The highest BCUT2D eigenvalue weighted by atomic mass is 32.1. The zero-order valence-corrected chi connectivity index (χ0v) is 17.1. The molecule has 2 heterocycles. The van der Waals surface area contributed by atoms with Gasteiger partial charge in [-0.25, -0.2) is 9.37 Å². The van der Waals surface area contributed by atoms with Crippen LogP contribution in [0.4, 0.5) is 4.39 Å². The lowest BCUT2D eigenvalue weighted by Crippen LogP contribution is -2.17. The fraction of sp³-hybridized carbons (Fsp3) is 0.0417. The van der Waals surface area contributed by atoms with Crippen LogP contribution in [0.3, 0.4) is 0 Å². The Morgan fingerprint density at radius 1 is 1.00 bits per heavy atom. The van der Waals surface area contributed by atoms with Crippen LogP contribution in [0.5, 0.6) is 0 Å². The average molecular weight is 428 g/mol. The van der Waals surface area contributed by atoms with Crippen LogP contribution >= 0.6 is 11.3 Å². The number of halogens is 1. The molecule has 5 rings (SSSR count). The highest BCUT2D eigenvalue weighted by Crippen LogP contribution is 2.25. The second-order valence-electron chi connectivity index (χ2n) is 6.97. The Kier molecular flexibility index (Phi) is 5.01. The van der Waals surface area contributed by atoms with Crippen molar-refractivity contribution in [3.8, 4) is 16.4 Å². The molecule has 2 aromatic heterocycles. The minimum Gasteiger partial charge on any atom is -0.288 e. The monoisotopic (exact) mass is 428 g/mol.